The van der Waals surface area contributed by atoms with Crippen molar-refractivity contribution in [2.75, 3.05) is 12.4 Å². The summed E-state index contributed by atoms with van der Waals surface area (Å²) < 4.78 is 36.6. The van der Waals surface area contributed by atoms with Crippen molar-refractivity contribution in [2.24, 2.45) is 0 Å². The summed E-state index contributed by atoms with van der Waals surface area (Å²) in [4.78, 5) is 11.2. The number of ether oxygens (including phenoxy) is 1. The highest BCUT2D eigenvalue weighted by Gasteiger charge is 2.12. The lowest BCUT2D eigenvalue weighted by Crippen LogP contribution is -2.02. The van der Waals surface area contributed by atoms with E-state index in [1.807, 2.05) is 0 Å². The fraction of sp³-hybridized carbons (Fsp3) is 0.154. The van der Waals surface area contributed by atoms with E-state index in [1.165, 1.54) is 13.2 Å². The molecule has 1 N–H and O–H groups in total. The Balaban J connectivity index is 2.07. The summed E-state index contributed by atoms with van der Waals surface area (Å²) in [6.07, 6.45) is 0. The number of halogens is 3. The highest BCUT2D eigenvalue weighted by molar-refractivity contribution is 9.10. The molecule has 0 aliphatic rings. The van der Waals surface area contributed by atoms with Crippen molar-refractivity contribution in [3.8, 4) is 0 Å². The van der Waals surface area contributed by atoms with Crippen molar-refractivity contribution in [1.29, 1.82) is 0 Å². The average Bonchev–Trinajstić information content (AvgIpc) is 2.89. The first-order chi connectivity index (χ1) is 9.51. The maximum absolute atomic E-state index is 13.6. The van der Waals surface area contributed by atoms with Crippen LogP contribution in [0.5, 0.6) is 0 Å². The second-order valence-corrected chi connectivity index (χ2v) is 4.71. The highest BCUT2D eigenvalue weighted by atomic mass is 79.9. The van der Waals surface area contributed by atoms with Crippen LogP contribution >= 0.6 is 15.9 Å². The van der Waals surface area contributed by atoms with Crippen molar-refractivity contribution in [3.63, 3.8) is 0 Å². The normalized spacial score (nSPS) is 10.4. The summed E-state index contributed by atoms with van der Waals surface area (Å²) in [7, 11) is 1.24. The average molecular weight is 346 g/mol. The predicted octanol–water partition coefficient (Wildman–Crippen LogP) is 3.72. The van der Waals surface area contributed by atoms with Gasteiger partial charge >= 0.3 is 5.97 Å². The third kappa shape index (κ3) is 3.16. The molecule has 2 rings (SSSR count). The van der Waals surface area contributed by atoms with Gasteiger partial charge in [0.2, 0.25) is 5.76 Å². The van der Waals surface area contributed by atoms with Gasteiger partial charge in [-0.1, -0.05) is 0 Å². The van der Waals surface area contributed by atoms with Gasteiger partial charge in [0, 0.05) is 6.07 Å². The lowest BCUT2D eigenvalue weighted by molar-refractivity contribution is 0.0563. The van der Waals surface area contributed by atoms with E-state index in [-0.39, 0.29) is 22.5 Å². The quantitative estimate of drug-likeness (QED) is 0.677. The molecule has 0 saturated heterocycles. The Morgan fingerprint density at radius 3 is 2.80 bits per heavy atom. The number of nitrogens with one attached hydrogen (secondary N) is 1. The lowest BCUT2D eigenvalue weighted by atomic mass is 10.3. The van der Waals surface area contributed by atoms with Crippen LogP contribution in [0.4, 0.5) is 14.5 Å². The molecule has 0 spiro atoms. The van der Waals surface area contributed by atoms with Crippen LogP contribution in [-0.4, -0.2) is 13.1 Å². The minimum atomic E-state index is -0.600. The summed E-state index contributed by atoms with van der Waals surface area (Å²) in [5, 5.41) is 2.69. The largest absolute Gasteiger partial charge is 0.463 e. The number of rotatable bonds is 4. The van der Waals surface area contributed by atoms with Gasteiger partial charge in [-0.05, 0) is 34.1 Å². The fourth-order valence-electron chi connectivity index (χ4n) is 1.52. The van der Waals surface area contributed by atoms with E-state index < -0.39 is 17.6 Å². The highest BCUT2D eigenvalue weighted by Crippen LogP contribution is 2.24. The Kier molecular flexibility index (Phi) is 4.39. The minimum absolute atomic E-state index is 0.00159. The summed E-state index contributed by atoms with van der Waals surface area (Å²) in [6, 6.07) is 5.05. The summed E-state index contributed by atoms with van der Waals surface area (Å²) >= 11 is 2.89. The molecule has 0 radical (unpaired) electrons. The maximum atomic E-state index is 13.6. The fourth-order valence-corrected chi connectivity index (χ4v) is 1.84. The van der Waals surface area contributed by atoms with Crippen LogP contribution in [0.25, 0.3) is 0 Å². The molecule has 0 fully saturated rings. The molecule has 2 aromatic rings. The van der Waals surface area contributed by atoms with E-state index >= 15 is 0 Å². The molecule has 1 aromatic carbocycles. The molecule has 106 valence electrons. The Hall–Kier alpha value is -1.89. The van der Waals surface area contributed by atoms with E-state index in [0.29, 0.717) is 5.76 Å². The first-order valence-electron chi connectivity index (χ1n) is 5.56. The van der Waals surface area contributed by atoms with Gasteiger partial charge in [-0.3, -0.25) is 0 Å². The lowest BCUT2D eigenvalue weighted by Gasteiger charge is -2.07. The number of furan rings is 1. The van der Waals surface area contributed by atoms with Crippen LogP contribution < -0.4 is 5.32 Å². The zero-order chi connectivity index (χ0) is 14.7. The van der Waals surface area contributed by atoms with Gasteiger partial charge in [-0.15, -0.1) is 0 Å². The Labute approximate surface area is 121 Å². The molecule has 0 atom stereocenters. The number of carbonyl (C=O) groups is 1. The van der Waals surface area contributed by atoms with Crippen LogP contribution in [0, 0.1) is 11.6 Å². The minimum Gasteiger partial charge on any atom is -0.463 e. The molecule has 0 bridgehead atoms. The molecule has 1 aromatic heterocycles. The second-order valence-electron chi connectivity index (χ2n) is 3.86. The van der Waals surface area contributed by atoms with Crippen LogP contribution in [0.1, 0.15) is 16.3 Å². The van der Waals surface area contributed by atoms with E-state index in [0.717, 1.165) is 12.1 Å². The second kappa shape index (κ2) is 6.04. The number of hydrogen-bond acceptors (Lipinski definition) is 4. The molecule has 7 heteroatoms. The van der Waals surface area contributed by atoms with Gasteiger partial charge in [0.05, 0.1) is 23.8 Å². The number of carbonyl (C=O) groups excluding carboxylic acids is 1. The first-order valence-corrected chi connectivity index (χ1v) is 6.36. The van der Waals surface area contributed by atoms with Crippen LogP contribution in [0.3, 0.4) is 0 Å². The first kappa shape index (κ1) is 14.5. The number of hydrogen-bond donors (Lipinski definition) is 1. The molecule has 0 amide bonds. The predicted molar refractivity (Wildman–Crippen MR) is 71.4 cm³/mol. The van der Waals surface area contributed by atoms with Gasteiger partial charge in [0.15, 0.2) is 0 Å². The third-order valence-electron chi connectivity index (χ3n) is 2.51. The number of esters is 1. The third-order valence-corrected chi connectivity index (χ3v) is 3.12. The standard InChI is InChI=1S/C13H10BrF2NO3/c1-19-13(18)12-3-2-7(20-12)6-17-11-5-9(15)8(14)4-10(11)16/h2-5,17H,6H2,1H3. The zero-order valence-electron chi connectivity index (χ0n) is 10.4. The number of anilines is 1. The van der Waals surface area contributed by atoms with E-state index in [4.69, 9.17) is 4.42 Å². The summed E-state index contributed by atoms with van der Waals surface area (Å²) in [5.74, 6) is -1.33. The molecule has 0 aliphatic carbocycles. The molecule has 0 saturated carbocycles. The van der Waals surface area contributed by atoms with Crippen molar-refractivity contribution in [2.45, 2.75) is 6.54 Å². The van der Waals surface area contributed by atoms with E-state index in [9.17, 15) is 13.6 Å². The zero-order valence-corrected chi connectivity index (χ0v) is 12.0. The number of benzene rings is 1. The van der Waals surface area contributed by atoms with Crippen molar-refractivity contribution in [3.05, 3.63) is 51.9 Å². The van der Waals surface area contributed by atoms with Gasteiger partial charge in [0.25, 0.3) is 0 Å². The topological polar surface area (TPSA) is 51.5 Å². The number of methoxy groups -OCH3 is 1. The Morgan fingerprint density at radius 1 is 1.35 bits per heavy atom. The van der Waals surface area contributed by atoms with Crippen molar-refractivity contribution in [1.82, 2.24) is 0 Å². The van der Waals surface area contributed by atoms with Gasteiger partial charge in [-0.2, -0.15) is 0 Å². The summed E-state index contributed by atoms with van der Waals surface area (Å²) in [5.41, 5.74) is 0.00159. The molecule has 20 heavy (non-hydrogen) atoms. The smallest absolute Gasteiger partial charge is 0.373 e. The van der Waals surface area contributed by atoms with Gasteiger partial charge in [0.1, 0.15) is 17.4 Å². The monoisotopic (exact) mass is 345 g/mol. The van der Waals surface area contributed by atoms with Crippen molar-refractivity contribution < 1.29 is 22.7 Å². The maximum Gasteiger partial charge on any atom is 0.373 e. The molecule has 1 heterocycles. The van der Waals surface area contributed by atoms with E-state index in [1.54, 1.807) is 6.07 Å². The van der Waals surface area contributed by atoms with E-state index in [2.05, 4.69) is 26.0 Å². The van der Waals surface area contributed by atoms with Crippen molar-refractivity contribution >= 4 is 27.6 Å². The molecular weight excluding hydrogens is 336 g/mol. The molecule has 0 aliphatic heterocycles. The van der Waals surface area contributed by atoms with Crippen LogP contribution in [0.15, 0.2) is 33.2 Å². The molecular formula is C13H10BrF2NO3. The Morgan fingerprint density at radius 2 is 2.10 bits per heavy atom. The molecule has 4 nitrogen and oxygen atoms in total. The van der Waals surface area contributed by atoms with Gasteiger partial charge < -0.3 is 14.5 Å². The van der Waals surface area contributed by atoms with Crippen LogP contribution in [-0.2, 0) is 11.3 Å². The van der Waals surface area contributed by atoms with Crippen LogP contribution in [0.2, 0.25) is 0 Å². The summed E-state index contributed by atoms with van der Waals surface area (Å²) in [6.45, 7) is 0.106. The molecule has 0 unspecified atom stereocenters. The SMILES string of the molecule is COC(=O)c1ccc(CNc2cc(F)c(Br)cc2F)o1. The van der Waals surface area contributed by atoms with Gasteiger partial charge in [-0.25, -0.2) is 13.6 Å². The Bertz CT molecular complexity index is 643.